The van der Waals surface area contributed by atoms with E-state index in [1.807, 2.05) is 0 Å². The van der Waals surface area contributed by atoms with E-state index < -0.39 is 34.2 Å². The van der Waals surface area contributed by atoms with Crippen molar-refractivity contribution in [2.75, 3.05) is 0 Å². The molecular formula is C18N6O6. The highest BCUT2D eigenvalue weighted by Gasteiger charge is 2.23. The van der Waals surface area contributed by atoms with Crippen molar-refractivity contribution in [3.05, 3.63) is 34.2 Å². The summed E-state index contributed by atoms with van der Waals surface area (Å²) in [6.45, 7) is 0. The quantitative estimate of drug-likeness (QED) is 0.336. The Morgan fingerprint density at radius 3 is 0.533 bits per heavy atom. The summed E-state index contributed by atoms with van der Waals surface area (Å²) in [6.07, 6.45) is 8.52. The maximum Gasteiger partial charge on any atom is 0.255 e. The fourth-order valence-corrected chi connectivity index (χ4v) is 2.72. The first-order valence-corrected chi connectivity index (χ1v) is 7.66. The van der Waals surface area contributed by atoms with Crippen molar-refractivity contribution in [3.8, 4) is 0 Å². The molecular weight excluding hydrogens is 396 g/mol. The molecule has 4 rings (SSSR count). The van der Waals surface area contributed by atoms with Crippen molar-refractivity contribution in [1.29, 1.82) is 0 Å². The maximum atomic E-state index is 11.2. The zero-order valence-corrected chi connectivity index (χ0v) is 14.1. The van der Waals surface area contributed by atoms with E-state index >= 15 is 0 Å². The van der Waals surface area contributed by atoms with E-state index in [2.05, 4.69) is 29.9 Å². The van der Waals surface area contributed by atoms with Crippen LogP contribution in [0, 0.1) is 0 Å². The summed E-state index contributed by atoms with van der Waals surface area (Å²) in [6, 6.07) is 0. The minimum absolute atomic E-state index is 0.176. The fourth-order valence-electron chi connectivity index (χ4n) is 2.72. The van der Waals surface area contributed by atoms with Crippen molar-refractivity contribution in [2.24, 2.45) is 0 Å². The number of hydrogen-bond donors (Lipinski definition) is 0. The lowest BCUT2D eigenvalue weighted by Crippen LogP contribution is -2.09. The number of hydrogen-bond acceptors (Lipinski definition) is 12. The first kappa shape index (κ1) is 18.6. The van der Waals surface area contributed by atoms with Crippen molar-refractivity contribution < 1.29 is 28.8 Å². The van der Waals surface area contributed by atoms with Gasteiger partial charge in [-0.3, -0.25) is 28.8 Å². The van der Waals surface area contributed by atoms with Gasteiger partial charge in [-0.1, -0.05) is 0 Å². The van der Waals surface area contributed by atoms with Gasteiger partial charge in [-0.2, -0.15) is 0 Å². The average molecular weight is 396 g/mol. The number of nitrogens with zero attached hydrogens (tertiary/aromatic N) is 6. The Kier molecular flexibility index (Phi) is 4.35. The molecule has 0 spiro atoms. The van der Waals surface area contributed by atoms with Crippen LogP contribution in [0.4, 0.5) is 0 Å². The van der Waals surface area contributed by atoms with Gasteiger partial charge in [0, 0.05) is 0 Å². The standard InChI is InChI=1S/C18N6O6/c25-1-7-8(2-26)20-14-13(19-7)15-17(23-10(4-28)9(3-27)21-15)18-16(14)22-11(5-29)12(6-30)24-18. The smallest absolute Gasteiger partial charge is 0.255 e. The van der Waals surface area contributed by atoms with Gasteiger partial charge in [0.25, 0.3) is 37.7 Å². The molecule has 0 aliphatic heterocycles. The summed E-state index contributed by atoms with van der Waals surface area (Å²) in [5.74, 6) is 0. The van der Waals surface area contributed by atoms with Gasteiger partial charge in [0.15, 0.2) is 0 Å². The molecule has 0 unspecified atom stereocenters. The van der Waals surface area contributed by atoms with Gasteiger partial charge in [-0.15, -0.1) is 0 Å². The second-order valence-corrected chi connectivity index (χ2v) is 5.47. The number of carbonyl (C=O) groups excluding carboxylic acids is 6. The predicted molar refractivity (Wildman–Crippen MR) is 94.5 cm³/mol. The molecule has 0 atom stereocenters. The normalized spacial score (nSPS) is 10.8. The zero-order chi connectivity index (χ0) is 21.4. The fraction of sp³-hybridized carbons (Fsp3) is 0. The largest absolute Gasteiger partial charge is 0.283 e. The highest BCUT2D eigenvalue weighted by atomic mass is 16.1. The Balaban J connectivity index is 2.39. The average Bonchev–Trinajstić information content (AvgIpc) is 2.81. The van der Waals surface area contributed by atoms with Gasteiger partial charge in [0.1, 0.15) is 67.3 Å². The lowest BCUT2D eigenvalue weighted by atomic mass is 10.1. The highest BCUT2D eigenvalue weighted by molar-refractivity contribution is 6.19. The molecule has 3 aromatic heterocycles. The monoisotopic (exact) mass is 396 g/mol. The number of rotatable bonds is 6. The van der Waals surface area contributed by atoms with Crippen molar-refractivity contribution >= 4 is 70.8 Å². The van der Waals surface area contributed by atoms with Crippen LogP contribution in [0.2, 0.25) is 0 Å². The van der Waals surface area contributed by atoms with Gasteiger partial charge < -0.3 is 0 Å². The van der Waals surface area contributed by atoms with Crippen LogP contribution in [0.5, 0.6) is 0 Å². The van der Waals surface area contributed by atoms with Crippen molar-refractivity contribution in [3.63, 3.8) is 0 Å². The zero-order valence-electron chi connectivity index (χ0n) is 14.1. The van der Waals surface area contributed by atoms with E-state index in [0.717, 1.165) is 0 Å². The molecule has 0 aliphatic carbocycles. The molecule has 12 heteroatoms. The minimum atomic E-state index is -0.518. The molecule has 0 fully saturated rings. The Bertz CT molecular complexity index is 1150. The molecule has 0 saturated heterocycles. The molecule has 0 bridgehead atoms. The Morgan fingerprint density at radius 2 is 0.433 bits per heavy atom. The van der Waals surface area contributed by atoms with Crippen LogP contribution in [0.15, 0.2) is 0 Å². The predicted octanol–water partition coefficient (Wildman–Crippen LogP) is -1.74. The van der Waals surface area contributed by atoms with Crippen LogP contribution in [0.1, 0.15) is 34.2 Å². The number of aromatic nitrogens is 6. The summed E-state index contributed by atoms with van der Waals surface area (Å²) < 4.78 is 0. The molecule has 6 radical (unpaired) electrons. The first-order chi connectivity index (χ1) is 14.6. The van der Waals surface area contributed by atoms with E-state index in [9.17, 15) is 28.8 Å². The molecule has 0 saturated carbocycles. The lowest BCUT2D eigenvalue weighted by molar-refractivity contribution is 0.556. The van der Waals surface area contributed by atoms with Gasteiger partial charge in [0.2, 0.25) is 0 Å². The topological polar surface area (TPSA) is 180 Å². The summed E-state index contributed by atoms with van der Waals surface area (Å²) >= 11 is 0. The summed E-state index contributed by atoms with van der Waals surface area (Å²) in [7, 11) is 0. The number of fused-ring (bicyclic) bond motifs is 6. The van der Waals surface area contributed by atoms with Crippen LogP contribution < -0.4 is 0 Å². The van der Waals surface area contributed by atoms with Crippen LogP contribution in [0.25, 0.3) is 33.1 Å². The van der Waals surface area contributed by atoms with E-state index in [0.29, 0.717) is 0 Å². The van der Waals surface area contributed by atoms with Gasteiger partial charge in [-0.05, 0) is 0 Å². The lowest BCUT2D eigenvalue weighted by Gasteiger charge is -2.09. The molecule has 4 aromatic rings. The first-order valence-electron chi connectivity index (χ1n) is 7.66. The SMILES string of the molecule is O=[C]c1nc2c3nc([C]=O)c([C]=O)nc3c3nc([C]=O)c([C]=O)nc3c2nc1[C]=O. The molecule has 3 heterocycles. The third-order valence-electron chi connectivity index (χ3n) is 3.94. The van der Waals surface area contributed by atoms with E-state index in [1.54, 1.807) is 0 Å². The summed E-state index contributed by atoms with van der Waals surface area (Å²) in [5, 5.41) is 0. The Labute approximate surface area is 164 Å². The molecule has 0 N–H and O–H groups in total. The van der Waals surface area contributed by atoms with E-state index in [1.165, 1.54) is 37.7 Å². The minimum Gasteiger partial charge on any atom is -0.283 e. The van der Waals surface area contributed by atoms with E-state index in [4.69, 9.17) is 0 Å². The van der Waals surface area contributed by atoms with Crippen LogP contribution in [0.3, 0.4) is 0 Å². The van der Waals surface area contributed by atoms with Crippen molar-refractivity contribution in [2.45, 2.75) is 0 Å². The summed E-state index contributed by atoms with van der Waals surface area (Å²) in [4.78, 5) is 90.6. The van der Waals surface area contributed by atoms with Crippen LogP contribution in [-0.4, -0.2) is 67.6 Å². The second kappa shape index (κ2) is 7.01. The molecule has 12 nitrogen and oxygen atoms in total. The summed E-state index contributed by atoms with van der Waals surface area (Å²) in [5.41, 5.74) is -4.16. The van der Waals surface area contributed by atoms with Gasteiger partial charge in [0.05, 0.1) is 0 Å². The van der Waals surface area contributed by atoms with Gasteiger partial charge >= 0.3 is 0 Å². The Hall–Kier alpha value is -4.74. The van der Waals surface area contributed by atoms with Gasteiger partial charge in [-0.25, -0.2) is 29.9 Å². The third kappa shape index (κ3) is 2.55. The molecule has 0 aliphatic rings. The van der Waals surface area contributed by atoms with Crippen LogP contribution >= 0.6 is 0 Å². The highest BCUT2D eigenvalue weighted by Crippen LogP contribution is 2.30. The second-order valence-electron chi connectivity index (χ2n) is 5.47. The molecule has 138 valence electrons. The maximum absolute atomic E-state index is 11.2. The molecule has 30 heavy (non-hydrogen) atoms. The van der Waals surface area contributed by atoms with Crippen LogP contribution in [-0.2, 0) is 28.8 Å². The van der Waals surface area contributed by atoms with E-state index in [-0.39, 0.29) is 33.1 Å². The third-order valence-corrected chi connectivity index (χ3v) is 3.94. The number of benzene rings is 1. The van der Waals surface area contributed by atoms with Crippen molar-refractivity contribution in [1.82, 2.24) is 29.9 Å². The molecule has 0 amide bonds. The Morgan fingerprint density at radius 1 is 0.300 bits per heavy atom. The molecule has 1 aromatic carbocycles.